The van der Waals surface area contributed by atoms with Gasteiger partial charge in [-0.05, 0) is 50.1 Å². The van der Waals surface area contributed by atoms with Crippen LogP contribution in [0.5, 0.6) is 0 Å². The smallest absolute Gasteiger partial charge is 0.236 e. The van der Waals surface area contributed by atoms with Crippen LogP contribution >= 0.6 is 0 Å². The molecule has 1 aliphatic heterocycles. The van der Waals surface area contributed by atoms with Gasteiger partial charge in [0, 0.05) is 25.6 Å². The Balaban J connectivity index is 1.33. The van der Waals surface area contributed by atoms with Gasteiger partial charge in [-0.25, -0.2) is 0 Å². The van der Waals surface area contributed by atoms with Crippen molar-refractivity contribution in [3.8, 4) is 0 Å². The van der Waals surface area contributed by atoms with E-state index in [1.165, 1.54) is 30.4 Å². The van der Waals surface area contributed by atoms with Crippen molar-refractivity contribution in [2.75, 3.05) is 26.7 Å². The molecule has 1 saturated heterocycles. The molecular weight excluding hydrogens is 338 g/mol. The van der Waals surface area contributed by atoms with Crippen LogP contribution in [0.3, 0.4) is 0 Å². The molecule has 27 heavy (non-hydrogen) atoms. The van der Waals surface area contributed by atoms with E-state index in [9.17, 15) is 4.79 Å². The molecule has 5 heteroatoms. The number of hydrogen-bond donors (Lipinski definition) is 0. The Hall–Kier alpha value is -2.14. The number of likely N-dealkylation sites (tertiary alicyclic amines) is 1. The first-order valence-electron chi connectivity index (χ1n) is 10.2. The Morgan fingerprint density at radius 1 is 1.22 bits per heavy atom. The molecule has 2 heterocycles. The lowest BCUT2D eigenvalue weighted by atomic mass is 9.91. The Bertz CT molecular complexity index is 771. The van der Waals surface area contributed by atoms with Gasteiger partial charge in [-0.2, -0.15) is 0 Å². The first kappa shape index (κ1) is 18.2. The van der Waals surface area contributed by atoms with Crippen molar-refractivity contribution >= 4 is 5.91 Å². The van der Waals surface area contributed by atoms with E-state index in [0.29, 0.717) is 19.0 Å². The van der Waals surface area contributed by atoms with E-state index in [1.54, 1.807) is 4.90 Å². The summed E-state index contributed by atoms with van der Waals surface area (Å²) in [5, 5.41) is 4.24. The number of aromatic nitrogens is 1. The summed E-state index contributed by atoms with van der Waals surface area (Å²) in [6, 6.07) is 10.7. The quantitative estimate of drug-likeness (QED) is 0.813. The zero-order chi connectivity index (χ0) is 18.6. The summed E-state index contributed by atoms with van der Waals surface area (Å²) < 4.78 is 5.48. The Labute approximate surface area is 161 Å². The molecule has 0 unspecified atom stereocenters. The maximum atomic E-state index is 12.8. The minimum Gasteiger partial charge on any atom is -0.361 e. The Kier molecular flexibility index (Phi) is 5.58. The molecule has 4 rings (SSSR count). The van der Waals surface area contributed by atoms with Gasteiger partial charge in [0.05, 0.1) is 13.1 Å². The number of benzene rings is 1. The molecule has 0 N–H and O–H groups in total. The van der Waals surface area contributed by atoms with E-state index < -0.39 is 0 Å². The van der Waals surface area contributed by atoms with Gasteiger partial charge in [0.25, 0.3) is 0 Å². The molecule has 1 atom stereocenters. The van der Waals surface area contributed by atoms with Crippen molar-refractivity contribution < 1.29 is 9.32 Å². The highest BCUT2D eigenvalue weighted by atomic mass is 16.5. The predicted molar refractivity (Wildman–Crippen MR) is 104 cm³/mol. The second-order valence-electron chi connectivity index (χ2n) is 7.97. The molecule has 2 aromatic rings. The number of amides is 1. The average molecular weight is 367 g/mol. The van der Waals surface area contributed by atoms with Crippen molar-refractivity contribution in [1.29, 1.82) is 0 Å². The minimum atomic E-state index is 0.163. The first-order valence-corrected chi connectivity index (χ1v) is 10.2. The fraction of sp³-hybridized carbons (Fsp3) is 0.545. The minimum absolute atomic E-state index is 0.163. The van der Waals surface area contributed by atoms with Crippen LogP contribution in [0.25, 0.3) is 0 Å². The van der Waals surface area contributed by atoms with Gasteiger partial charge in [-0.3, -0.25) is 9.69 Å². The Morgan fingerprint density at radius 3 is 2.89 bits per heavy atom. The summed E-state index contributed by atoms with van der Waals surface area (Å²) in [7, 11) is 1.88. The van der Waals surface area contributed by atoms with Crippen LogP contribution in [0.4, 0.5) is 0 Å². The standard InChI is InChI=1S/C22H29N3O2/c1-24(15-20-19-11-5-6-12-21(19)27-23-20)22(26)16-25-13-7-10-18(14-25)17-8-3-2-4-9-17/h2-4,8-9,18H,5-7,10-16H2,1H3/t18-/m1/s1. The number of piperidine rings is 1. The molecule has 2 aliphatic rings. The highest BCUT2D eigenvalue weighted by molar-refractivity contribution is 5.78. The summed E-state index contributed by atoms with van der Waals surface area (Å²) in [5.41, 5.74) is 3.57. The summed E-state index contributed by atoms with van der Waals surface area (Å²) in [6.45, 7) is 3.00. The molecule has 1 aliphatic carbocycles. The zero-order valence-electron chi connectivity index (χ0n) is 16.2. The first-order chi connectivity index (χ1) is 13.2. The van der Waals surface area contributed by atoms with Crippen LogP contribution in [0.15, 0.2) is 34.9 Å². The van der Waals surface area contributed by atoms with E-state index in [0.717, 1.165) is 43.8 Å². The lowest BCUT2D eigenvalue weighted by Gasteiger charge is -2.33. The van der Waals surface area contributed by atoms with Crippen LogP contribution in [0.2, 0.25) is 0 Å². The van der Waals surface area contributed by atoms with E-state index in [2.05, 4.69) is 40.4 Å². The van der Waals surface area contributed by atoms with Crippen molar-refractivity contribution in [3.05, 3.63) is 52.9 Å². The van der Waals surface area contributed by atoms with E-state index in [1.807, 2.05) is 7.05 Å². The number of carbonyl (C=O) groups excluding carboxylic acids is 1. The normalized spacial score (nSPS) is 20.3. The lowest BCUT2D eigenvalue weighted by Crippen LogP contribution is -2.42. The van der Waals surface area contributed by atoms with Gasteiger partial charge < -0.3 is 9.42 Å². The summed E-state index contributed by atoms with van der Waals surface area (Å²) in [5.74, 6) is 1.72. The summed E-state index contributed by atoms with van der Waals surface area (Å²) in [4.78, 5) is 16.9. The van der Waals surface area contributed by atoms with Gasteiger partial charge in [0.2, 0.25) is 5.91 Å². The lowest BCUT2D eigenvalue weighted by molar-refractivity contribution is -0.132. The molecule has 0 radical (unpaired) electrons. The molecule has 0 spiro atoms. The number of likely N-dealkylation sites (N-methyl/N-ethyl adjacent to an activating group) is 1. The van der Waals surface area contributed by atoms with Crippen LogP contribution < -0.4 is 0 Å². The molecule has 1 amide bonds. The van der Waals surface area contributed by atoms with Gasteiger partial charge in [0.1, 0.15) is 11.5 Å². The van der Waals surface area contributed by atoms with Gasteiger partial charge in [-0.15, -0.1) is 0 Å². The number of rotatable bonds is 5. The van der Waals surface area contributed by atoms with Crippen molar-refractivity contribution in [3.63, 3.8) is 0 Å². The van der Waals surface area contributed by atoms with E-state index in [-0.39, 0.29) is 5.91 Å². The van der Waals surface area contributed by atoms with Crippen molar-refractivity contribution in [1.82, 2.24) is 15.0 Å². The average Bonchev–Trinajstić information content (AvgIpc) is 3.12. The van der Waals surface area contributed by atoms with Crippen molar-refractivity contribution in [2.45, 2.75) is 51.0 Å². The maximum absolute atomic E-state index is 12.8. The molecule has 1 aromatic carbocycles. The van der Waals surface area contributed by atoms with Crippen LogP contribution in [-0.2, 0) is 24.2 Å². The third-order valence-electron chi connectivity index (χ3n) is 5.98. The maximum Gasteiger partial charge on any atom is 0.236 e. The highest BCUT2D eigenvalue weighted by Crippen LogP contribution is 2.27. The van der Waals surface area contributed by atoms with Crippen LogP contribution in [0.1, 0.15) is 54.2 Å². The number of fused-ring (bicyclic) bond motifs is 1. The highest BCUT2D eigenvalue weighted by Gasteiger charge is 2.25. The van der Waals surface area contributed by atoms with Gasteiger partial charge in [-0.1, -0.05) is 35.5 Å². The van der Waals surface area contributed by atoms with Gasteiger partial charge >= 0.3 is 0 Å². The third-order valence-corrected chi connectivity index (χ3v) is 5.98. The topological polar surface area (TPSA) is 49.6 Å². The van der Waals surface area contributed by atoms with Crippen molar-refractivity contribution in [2.24, 2.45) is 0 Å². The predicted octanol–water partition coefficient (Wildman–Crippen LogP) is 3.39. The molecule has 1 fully saturated rings. The number of aryl methyl sites for hydroxylation is 1. The summed E-state index contributed by atoms with van der Waals surface area (Å²) >= 11 is 0. The van der Waals surface area contributed by atoms with Crippen LogP contribution in [-0.4, -0.2) is 47.5 Å². The third kappa shape index (κ3) is 4.24. The summed E-state index contributed by atoms with van der Waals surface area (Å²) in [6.07, 6.45) is 6.72. The Morgan fingerprint density at radius 2 is 2.04 bits per heavy atom. The van der Waals surface area contributed by atoms with Crippen LogP contribution in [0, 0.1) is 0 Å². The SMILES string of the molecule is CN(Cc1noc2c1CCCC2)C(=O)CN1CCC[C@@H](c2ccccc2)C1. The largest absolute Gasteiger partial charge is 0.361 e. The number of carbonyl (C=O) groups is 1. The molecule has 144 valence electrons. The molecular formula is C22H29N3O2. The number of hydrogen-bond acceptors (Lipinski definition) is 4. The molecule has 0 bridgehead atoms. The molecule has 5 nitrogen and oxygen atoms in total. The fourth-order valence-electron chi connectivity index (χ4n) is 4.39. The number of nitrogens with zero attached hydrogens (tertiary/aromatic N) is 3. The van der Waals surface area contributed by atoms with E-state index in [4.69, 9.17) is 4.52 Å². The second-order valence-corrected chi connectivity index (χ2v) is 7.97. The molecule has 0 saturated carbocycles. The molecule has 1 aromatic heterocycles. The second kappa shape index (κ2) is 8.26. The monoisotopic (exact) mass is 367 g/mol. The zero-order valence-corrected chi connectivity index (χ0v) is 16.2. The van der Waals surface area contributed by atoms with Gasteiger partial charge in [0.15, 0.2) is 0 Å². The van der Waals surface area contributed by atoms with E-state index >= 15 is 0 Å². The fourth-order valence-corrected chi connectivity index (χ4v) is 4.39.